The molecule has 0 spiro atoms. The quantitative estimate of drug-likeness (QED) is 0.537. The lowest BCUT2D eigenvalue weighted by Crippen LogP contribution is -2.55. The summed E-state index contributed by atoms with van der Waals surface area (Å²) in [6, 6.07) is 13.9. The van der Waals surface area contributed by atoms with E-state index in [-0.39, 0.29) is 25.0 Å². The number of nitrogens with zero attached hydrogens (tertiary/aromatic N) is 1. The Morgan fingerprint density at radius 2 is 1.53 bits per heavy atom. The van der Waals surface area contributed by atoms with Gasteiger partial charge < -0.3 is 24.8 Å². The van der Waals surface area contributed by atoms with Crippen molar-refractivity contribution in [1.29, 1.82) is 0 Å². The van der Waals surface area contributed by atoms with Crippen LogP contribution in [0.2, 0.25) is 0 Å². The molecule has 0 unspecified atom stereocenters. The highest BCUT2D eigenvalue weighted by atomic mass is 16.5. The number of nitrogens with one attached hydrogen (secondary N) is 1. The molecule has 2 aromatic rings. The van der Waals surface area contributed by atoms with E-state index in [1.54, 1.807) is 13.8 Å². The SMILES string of the molecule is CC(C)[C@@H](C(=O)O)N(C)C(=O)[C@H](COC(C)(C)C)NC(=O)OCC1c2ccccc2-c2ccccc21. The summed E-state index contributed by atoms with van der Waals surface area (Å²) in [4.78, 5) is 39.0. The molecule has 2 amide bonds. The molecule has 194 valence electrons. The maximum absolute atomic E-state index is 13.2. The Bertz CT molecular complexity index is 1060. The topological polar surface area (TPSA) is 105 Å². The number of likely N-dealkylation sites (N-methyl/N-ethyl adjacent to an activating group) is 1. The van der Waals surface area contributed by atoms with Crippen LogP contribution in [0.5, 0.6) is 0 Å². The van der Waals surface area contributed by atoms with Gasteiger partial charge in [0.05, 0.1) is 12.2 Å². The summed E-state index contributed by atoms with van der Waals surface area (Å²) >= 11 is 0. The van der Waals surface area contributed by atoms with Crippen LogP contribution in [0.4, 0.5) is 4.79 Å². The summed E-state index contributed by atoms with van der Waals surface area (Å²) in [5, 5.41) is 12.2. The number of hydrogen-bond donors (Lipinski definition) is 2. The minimum atomic E-state index is -1.11. The zero-order chi connectivity index (χ0) is 26.6. The Morgan fingerprint density at radius 3 is 2.00 bits per heavy atom. The molecule has 0 heterocycles. The first-order valence-electron chi connectivity index (χ1n) is 12.2. The van der Waals surface area contributed by atoms with Crippen molar-refractivity contribution < 1.29 is 29.0 Å². The second-order valence-electron chi connectivity index (χ2n) is 10.4. The molecule has 1 aliphatic rings. The van der Waals surface area contributed by atoms with E-state index in [0.717, 1.165) is 27.2 Å². The number of hydrogen-bond acceptors (Lipinski definition) is 5. The molecule has 0 radical (unpaired) electrons. The summed E-state index contributed by atoms with van der Waals surface area (Å²) in [6.45, 7) is 8.92. The van der Waals surface area contributed by atoms with Crippen LogP contribution < -0.4 is 5.32 Å². The van der Waals surface area contributed by atoms with Crippen LogP contribution in [0.3, 0.4) is 0 Å². The molecule has 8 nitrogen and oxygen atoms in total. The maximum Gasteiger partial charge on any atom is 0.407 e. The number of carbonyl (C=O) groups is 3. The molecule has 0 bridgehead atoms. The lowest BCUT2D eigenvalue weighted by Gasteiger charge is -2.32. The van der Waals surface area contributed by atoms with Crippen molar-refractivity contribution in [2.45, 2.75) is 58.2 Å². The molecule has 0 aliphatic heterocycles. The number of fused-ring (bicyclic) bond motifs is 3. The first-order chi connectivity index (χ1) is 16.9. The fourth-order valence-corrected chi connectivity index (χ4v) is 4.57. The first kappa shape index (κ1) is 27.2. The molecule has 2 aromatic carbocycles. The second-order valence-corrected chi connectivity index (χ2v) is 10.4. The third-order valence-corrected chi connectivity index (χ3v) is 6.27. The Morgan fingerprint density at radius 1 is 1.00 bits per heavy atom. The minimum Gasteiger partial charge on any atom is -0.480 e. The van der Waals surface area contributed by atoms with Crippen LogP contribution in [0, 0.1) is 5.92 Å². The molecule has 0 fully saturated rings. The van der Waals surface area contributed by atoms with Crippen LogP contribution in [0.15, 0.2) is 48.5 Å². The van der Waals surface area contributed by atoms with Crippen molar-refractivity contribution in [2.24, 2.45) is 5.92 Å². The third-order valence-electron chi connectivity index (χ3n) is 6.27. The predicted octanol–water partition coefficient (Wildman–Crippen LogP) is 4.28. The van der Waals surface area contributed by atoms with E-state index in [2.05, 4.69) is 17.4 Å². The van der Waals surface area contributed by atoms with E-state index in [1.807, 2.05) is 57.2 Å². The molecule has 8 heteroatoms. The van der Waals surface area contributed by atoms with Gasteiger partial charge in [0.15, 0.2) is 0 Å². The highest BCUT2D eigenvalue weighted by Crippen LogP contribution is 2.44. The maximum atomic E-state index is 13.2. The Balaban J connectivity index is 1.73. The Labute approximate surface area is 212 Å². The first-order valence-corrected chi connectivity index (χ1v) is 12.2. The number of carbonyl (C=O) groups excluding carboxylic acids is 2. The van der Waals surface area contributed by atoms with E-state index in [0.29, 0.717) is 0 Å². The van der Waals surface area contributed by atoms with Crippen molar-refractivity contribution in [3.8, 4) is 11.1 Å². The summed E-state index contributed by atoms with van der Waals surface area (Å²) < 4.78 is 11.4. The molecule has 0 saturated heterocycles. The molecule has 0 saturated carbocycles. The number of alkyl carbamates (subject to hydrolysis) is 1. The average Bonchev–Trinajstić information content (AvgIpc) is 3.12. The van der Waals surface area contributed by atoms with Crippen LogP contribution in [0.25, 0.3) is 11.1 Å². The smallest absolute Gasteiger partial charge is 0.407 e. The molecule has 2 N–H and O–H groups in total. The number of aliphatic carboxylic acids is 1. The van der Waals surface area contributed by atoms with Gasteiger partial charge in [0, 0.05) is 13.0 Å². The molecule has 36 heavy (non-hydrogen) atoms. The van der Waals surface area contributed by atoms with Gasteiger partial charge in [-0.05, 0) is 48.9 Å². The van der Waals surface area contributed by atoms with Gasteiger partial charge in [-0.3, -0.25) is 4.79 Å². The third kappa shape index (κ3) is 6.23. The monoisotopic (exact) mass is 496 g/mol. The number of carboxylic acid groups (broad SMARTS) is 1. The average molecular weight is 497 g/mol. The van der Waals surface area contributed by atoms with Gasteiger partial charge in [-0.2, -0.15) is 0 Å². The molecular weight excluding hydrogens is 460 g/mol. The summed E-state index contributed by atoms with van der Waals surface area (Å²) in [5.41, 5.74) is 3.82. The van der Waals surface area contributed by atoms with Crippen LogP contribution in [-0.4, -0.2) is 65.9 Å². The van der Waals surface area contributed by atoms with E-state index >= 15 is 0 Å². The highest BCUT2D eigenvalue weighted by molar-refractivity contribution is 5.89. The van der Waals surface area contributed by atoms with Crippen molar-refractivity contribution >= 4 is 18.0 Å². The fourth-order valence-electron chi connectivity index (χ4n) is 4.57. The van der Waals surface area contributed by atoms with Gasteiger partial charge in [-0.25, -0.2) is 9.59 Å². The minimum absolute atomic E-state index is 0.0977. The van der Waals surface area contributed by atoms with Gasteiger partial charge in [0.1, 0.15) is 18.7 Å². The highest BCUT2D eigenvalue weighted by Gasteiger charge is 2.35. The normalized spacial score (nSPS) is 14.5. The number of benzene rings is 2. The van der Waals surface area contributed by atoms with Crippen molar-refractivity contribution in [3.63, 3.8) is 0 Å². The Kier molecular flexibility index (Phi) is 8.40. The second kappa shape index (κ2) is 11.1. The van der Waals surface area contributed by atoms with Crippen molar-refractivity contribution in [2.75, 3.05) is 20.3 Å². The van der Waals surface area contributed by atoms with Gasteiger partial charge in [0.25, 0.3) is 0 Å². The van der Waals surface area contributed by atoms with Crippen LogP contribution in [0.1, 0.15) is 51.7 Å². The predicted molar refractivity (Wildman–Crippen MR) is 137 cm³/mol. The van der Waals surface area contributed by atoms with E-state index in [9.17, 15) is 19.5 Å². The fraction of sp³-hybridized carbons (Fsp3) is 0.464. The molecule has 1 aliphatic carbocycles. The zero-order valence-corrected chi connectivity index (χ0v) is 21.8. The summed E-state index contributed by atoms with van der Waals surface area (Å²) in [7, 11) is 1.42. The molecule has 0 aromatic heterocycles. The van der Waals surface area contributed by atoms with E-state index in [1.165, 1.54) is 7.05 Å². The lowest BCUT2D eigenvalue weighted by molar-refractivity contribution is -0.152. The number of amides is 2. The molecule has 3 rings (SSSR count). The standard InChI is InChI=1S/C28H36N2O6/c1-17(2)24(26(32)33)30(6)25(31)23(16-36-28(3,4)5)29-27(34)35-15-22-20-13-9-7-11-18(20)19-12-8-10-14-21(19)22/h7-14,17,22-24H,15-16H2,1-6H3,(H,29,34)(H,32,33)/t23-,24-/m0/s1. The summed E-state index contributed by atoms with van der Waals surface area (Å²) in [6.07, 6.45) is -0.766. The number of ether oxygens (including phenoxy) is 2. The van der Waals surface area contributed by atoms with Gasteiger partial charge >= 0.3 is 12.1 Å². The van der Waals surface area contributed by atoms with Crippen molar-refractivity contribution in [3.05, 3.63) is 59.7 Å². The summed E-state index contributed by atoms with van der Waals surface area (Å²) in [5.74, 6) is -2.12. The number of carboxylic acids is 1. The zero-order valence-electron chi connectivity index (χ0n) is 21.8. The van der Waals surface area contributed by atoms with Crippen LogP contribution in [-0.2, 0) is 19.1 Å². The van der Waals surface area contributed by atoms with Gasteiger partial charge in [0.2, 0.25) is 5.91 Å². The van der Waals surface area contributed by atoms with Crippen molar-refractivity contribution in [1.82, 2.24) is 10.2 Å². The molecule has 2 atom stereocenters. The van der Waals surface area contributed by atoms with E-state index in [4.69, 9.17) is 9.47 Å². The number of rotatable bonds is 9. The molecular formula is C28H36N2O6. The Hall–Kier alpha value is -3.39. The lowest BCUT2D eigenvalue weighted by atomic mass is 9.98. The van der Waals surface area contributed by atoms with Gasteiger partial charge in [-0.1, -0.05) is 62.4 Å². The largest absolute Gasteiger partial charge is 0.480 e. The van der Waals surface area contributed by atoms with Gasteiger partial charge in [-0.15, -0.1) is 0 Å². The van der Waals surface area contributed by atoms with Crippen LogP contribution >= 0.6 is 0 Å². The van der Waals surface area contributed by atoms with E-state index < -0.39 is 35.7 Å².